The molecule has 0 saturated heterocycles. The van der Waals surface area contributed by atoms with Crippen molar-refractivity contribution in [3.05, 3.63) is 48.5 Å². The van der Waals surface area contributed by atoms with Crippen LogP contribution < -0.4 is 4.74 Å². The van der Waals surface area contributed by atoms with Crippen molar-refractivity contribution in [1.82, 2.24) is 0 Å². The Morgan fingerprint density at radius 1 is 0.944 bits per heavy atom. The Hall–Kier alpha value is -1.41. The molecular formula is C16H18OS. The second-order valence-electron chi connectivity index (χ2n) is 5.26. The fraction of sp³-hybridized carbons (Fsp3) is 0.250. The molecule has 0 saturated carbocycles. The summed E-state index contributed by atoms with van der Waals surface area (Å²) in [5.74, 6) is 0.886. The molecule has 0 spiro atoms. The van der Waals surface area contributed by atoms with E-state index < -0.39 is 0 Å². The maximum absolute atomic E-state index is 5.88. The van der Waals surface area contributed by atoms with Crippen LogP contribution in [0.5, 0.6) is 5.75 Å². The van der Waals surface area contributed by atoms with Crippen molar-refractivity contribution in [2.75, 3.05) is 0 Å². The van der Waals surface area contributed by atoms with Gasteiger partial charge in [-0.25, -0.2) is 0 Å². The molecule has 0 aliphatic heterocycles. The van der Waals surface area contributed by atoms with E-state index in [9.17, 15) is 0 Å². The van der Waals surface area contributed by atoms with E-state index in [-0.39, 0.29) is 5.60 Å². The van der Waals surface area contributed by atoms with E-state index in [0.717, 1.165) is 21.8 Å². The highest BCUT2D eigenvalue weighted by molar-refractivity contribution is 7.80. The molecular weight excluding hydrogens is 240 g/mol. The summed E-state index contributed by atoms with van der Waals surface area (Å²) < 4.78 is 5.88. The first-order chi connectivity index (χ1) is 8.46. The van der Waals surface area contributed by atoms with E-state index in [0.29, 0.717) is 0 Å². The molecule has 0 heterocycles. The van der Waals surface area contributed by atoms with Crippen molar-refractivity contribution in [2.45, 2.75) is 31.3 Å². The third kappa shape index (κ3) is 3.30. The van der Waals surface area contributed by atoms with Crippen LogP contribution in [0.1, 0.15) is 20.8 Å². The van der Waals surface area contributed by atoms with E-state index in [1.807, 2.05) is 51.1 Å². The standard InChI is InChI=1S/C16H18OS/c1-16(2,3)17-13-8-6-7-12(11-13)14-9-4-5-10-15(14)18/h4-11,18H,1-3H3. The van der Waals surface area contributed by atoms with Gasteiger partial charge in [0.25, 0.3) is 0 Å². The highest BCUT2D eigenvalue weighted by Crippen LogP contribution is 2.29. The quantitative estimate of drug-likeness (QED) is 0.760. The lowest BCUT2D eigenvalue weighted by Gasteiger charge is -2.21. The smallest absolute Gasteiger partial charge is 0.120 e. The summed E-state index contributed by atoms with van der Waals surface area (Å²) in [4.78, 5) is 0.977. The molecule has 94 valence electrons. The third-order valence-electron chi connectivity index (χ3n) is 2.47. The van der Waals surface area contributed by atoms with Crippen LogP contribution in [0.4, 0.5) is 0 Å². The second-order valence-corrected chi connectivity index (χ2v) is 5.74. The Labute approximate surface area is 114 Å². The first-order valence-electron chi connectivity index (χ1n) is 6.03. The molecule has 0 aliphatic carbocycles. The number of ether oxygens (including phenoxy) is 1. The summed E-state index contributed by atoms with van der Waals surface area (Å²) in [6, 6.07) is 16.2. The zero-order valence-corrected chi connectivity index (χ0v) is 11.9. The molecule has 2 rings (SSSR count). The summed E-state index contributed by atoms with van der Waals surface area (Å²) in [6.45, 7) is 6.14. The van der Waals surface area contributed by atoms with Crippen molar-refractivity contribution >= 4 is 12.6 Å². The van der Waals surface area contributed by atoms with Gasteiger partial charge >= 0.3 is 0 Å². The minimum absolute atomic E-state index is 0.181. The van der Waals surface area contributed by atoms with Gasteiger partial charge in [-0.1, -0.05) is 30.3 Å². The lowest BCUT2D eigenvalue weighted by Crippen LogP contribution is -2.22. The summed E-state index contributed by atoms with van der Waals surface area (Å²) >= 11 is 4.49. The SMILES string of the molecule is CC(C)(C)Oc1cccc(-c2ccccc2S)c1. The predicted molar refractivity (Wildman–Crippen MR) is 79.5 cm³/mol. The monoisotopic (exact) mass is 258 g/mol. The number of thiol groups is 1. The fourth-order valence-corrected chi connectivity index (χ4v) is 2.09. The van der Waals surface area contributed by atoms with Gasteiger partial charge in [-0.2, -0.15) is 0 Å². The van der Waals surface area contributed by atoms with Crippen LogP contribution in [-0.4, -0.2) is 5.60 Å². The molecule has 0 unspecified atom stereocenters. The van der Waals surface area contributed by atoms with Crippen molar-refractivity contribution in [3.63, 3.8) is 0 Å². The Morgan fingerprint density at radius 3 is 2.33 bits per heavy atom. The molecule has 18 heavy (non-hydrogen) atoms. The summed E-state index contributed by atoms with van der Waals surface area (Å²) in [6.07, 6.45) is 0. The molecule has 0 aromatic heterocycles. The van der Waals surface area contributed by atoms with Crippen LogP contribution in [0, 0.1) is 0 Å². The summed E-state index contributed by atoms with van der Waals surface area (Å²) in [5.41, 5.74) is 2.07. The van der Waals surface area contributed by atoms with Crippen LogP contribution in [0.3, 0.4) is 0 Å². The molecule has 1 nitrogen and oxygen atoms in total. The molecule has 0 atom stereocenters. The average Bonchev–Trinajstić information content (AvgIpc) is 2.27. The molecule has 2 heteroatoms. The summed E-state index contributed by atoms with van der Waals surface area (Å²) in [7, 11) is 0. The van der Waals surface area contributed by atoms with Crippen LogP contribution in [0.15, 0.2) is 53.4 Å². The minimum atomic E-state index is -0.181. The highest BCUT2D eigenvalue weighted by Gasteiger charge is 2.12. The van der Waals surface area contributed by atoms with Crippen LogP contribution in [0.2, 0.25) is 0 Å². The Balaban J connectivity index is 2.36. The van der Waals surface area contributed by atoms with Gasteiger partial charge in [0.1, 0.15) is 11.4 Å². The predicted octanol–water partition coefficient (Wildman–Crippen LogP) is 4.82. The first kappa shape index (κ1) is 13.0. The largest absolute Gasteiger partial charge is 0.488 e. The Bertz CT molecular complexity index is 541. The van der Waals surface area contributed by atoms with Crippen molar-refractivity contribution < 1.29 is 4.74 Å². The minimum Gasteiger partial charge on any atom is -0.488 e. The molecule has 0 bridgehead atoms. The van der Waals surface area contributed by atoms with Gasteiger partial charge in [0.05, 0.1) is 0 Å². The highest BCUT2D eigenvalue weighted by atomic mass is 32.1. The van der Waals surface area contributed by atoms with E-state index in [1.54, 1.807) is 0 Å². The third-order valence-corrected chi connectivity index (χ3v) is 2.86. The number of hydrogen-bond donors (Lipinski definition) is 1. The van der Waals surface area contributed by atoms with E-state index in [1.165, 1.54) is 0 Å². The van der Waals surface area contributed by atoms with Crippen molar-refractivity contribution in [2.24, 2.45) is 0 Å². The molecule has 0 radical (unpaired) electrons. The van der Waals surface area contributed by atoms with Gasteiger partial charge in [0.15, 0.2) is 0 Å². The number of benzene rings is 2. The average molecular weight is 258 g/mol. The van der Waals surface area contributed by atoms with Gasteiger partial charge in [0, 0.05) is 4.90 Å². The lowest BCUT2D eigenvalue weighted by molar-refractivity contribution is 0.131. The maximum atomic E-state index is 5.88. The van der Waals surface area contributed by atoms with E-state index in [2.05, 4.69) is 30.8 Å². The van der Waals surface area contributed by atoms with Gasteiger partial charge in [-0.15, -0.1) is 12.6 Å². The van der Waals surface area contributed by atoms with Crippen LogP contribution in [-0.2, 0) is 0 Å². The van der Waals surface area contributed by atoms with Crippen LogP contribution >= 0.6 is 12.6 Å². The first-order valence-corrected chi connectivity index (χ1v) is 6.48. The Morgan fingerprint density at radius 2 is 1.67 bits per heavy atom. The molecule has 2 aromatic rings. The molecule has 0 N–H and O–H groups in total. The van der Waals surface area contributed by atoms with Crippen LogP contribution in [0.25, 0.3) is 11.1 Å². The summed E-state index contributed by atoms with van der Waals surface area (Å²) in [5, 5.41) is 0. The van der Waals surface area contributed by atoms with Gasteiger partial charge < -0.3 is 4.74 Å². The Kier molecular flexibility index (Phi) is 3.67. The molecule has 0 aliphatic rings. The topological polar surface area (TPSA) is 9.23 Å². The molecule has 0 amide bonds. The lowest BCUT2D eigenvalue weighted by atomic mass is 10.1. The zero-order valence-electron chi connectivity index (χ0n) is 11.0. The zero-order chi connectivity index (χ0) is 13.2. The van der Waals surface area contributed by atoms with E-state index >= 15 is 0 Å². The fourth-order valence-electron chi connectivity index (χ4n) is 1.80. The van der Waals surface area contributed by atoms with E-state index in [4.69, 9.17) is 4.74 Å². The van der Waals surface area contributed by atoms with Crippen molar-refractivity contribution in [1.29, 1.82) is 0 Å². The molecule has 0 fully saturated rings. The molecule has 2 aromatic carbocycles. The van der Waals surface area contributed by atoms with Crippen molar-refractivity contribution in [3.8, 4) is 16.9 Å². The number of hydrogen-bond acceptors (Lipinski definition) is 2. The maximum Gasteiger partial charge on any atom is 0.120 e. The van der Waals surface area contributed by atoms with Gasteiger partial charge in [-0.05, 0) is 50.1 Å². The second kappa shape index (κ2) is 5.07. The number of rotatable bonds is 2. The normalized spacial score (nSPS) is 11.3. The van der Waals surface area contributed by atoms with Gasteiger partial charge in [0.2, 0.25) is 0 Å². The van der Waals surface area contributed by atoms with Gasteiger partial charge in [-0.3, -0.25) is 0 Å².